The van der Waals surface area contributed by atoms with Gasteiger partial charge in [0.1, 0.15) is 11.3 Å². The van der Waals surface area contributed by atoms with Crippen molar-refractivity contribution in [2.45, 2.75) is 29.7 Å². The van der Waals surface area contributed by atoms with Crippen molar-refractivity contribution in [2.75, 3.05) is 10.6 Å². The van der Waals surface area contributed by atoms with Gasteiger partial charge in [0.05, 0.1) is 5.25 Å². The number of carbonyl (C=O) groups is 2. The second kappa shape index (κ2) is 11.6. The van der Waals surface area contributed by atoms with Gasteiger partial charge in [-0.05, 0) is 47.5 Å². The van der Waals surface area contributed by atoms with E-state index in [0.29, 0.717) is 16.1 Å². The fourth-order valence-corrected chi connectivity index (χ4v) is 4.87. The summed E-state index contributed by atoms with van der Waals surface area (Å²) in [4.78, 5) is 25.9. The lowest BCUT2D eigenvalue weighted by atomic mass is 10.1. The molecule has 4 aromatic carbocycles. The summed E-state index contributed by atoms with van der Waals surface area (Å²) < 4.78 is 94.8. The highest BCUT2D eigenvalue weighted by Crippen LogP contribution is 2.39. The molecule has 0 saturated heterocycles. The maximum Gasteiger partial charge on any atom is 0.422 e. The molecule has 2 amide bonds. The number of nitrogens with one attached hydrogen (secondary N) is 2. The quantitative estimate of drug-likeness (QED) is 0.132. The van der Waals surface area contributed by atoms with E-state index in [0.717, 1.165) is 22.5 Å². The number of halogens is 7. The molecule has 0 radical (unpaired) electrons. The molecule has 4 nitrogen and oxygen atoms in total. The van der Waals surface area contributed by atoms with Gasteiger partial charge >= 0.3 is 6.18 Å². The lowest BCUT2D eigenvalue weighted by Crippen LogP contribution is -2.27. The van der Waals surface area contributed by atoms with Crippen LogP contribution in [-0.4, -0.2) is 17.1 Å². The number of fused-ring (bicyclic) bond motifs is 1. The van der Waals surface area contributed by atoms with Gasteiger partial charge < -0.3 is 10.6 Å². The fraction of sp³-hybridized carbons (Fsp3) is 0.143. The van der Waals surface area contributed by atoms with Crippen molar-refractivity contribution in [3.8, 4) is 0 Å². The highest BCUT2D eigenvalue weighted by molar-refractivity contribution is 8.00. The number of hydrogen-bond acceptors (Lipinski definition) is 3. The van der Waals surface area contributed by atoms with Crippen molar-refractivity contribution < 1.29 is 40.3 Å². The van der Waals surface area contributed by atoms with E-state index >= 15 is 0 Å². The maximum absolute atomic E-state index is 14.2. The van der Waals surface area contributed by atoms with Gasteiger partial charge in [0.25, 0.3) is 5.91 Å². The van der Waals surface area contributed by atoms with Crippen LogP contribution in [-0.2, 0) is 11.0 Å². The molecule has 0 heterocycles. The molecule has 0 aliphatic carbocycles. The molecule has 0 aliphatic heterocycles. The van der Waals surface area contributed by atoms with Gasteiger partial charge in [-0.2, -0.15) is 13.2 Å². The van der Waals surface area contributed by atoms with E-state index in [1.807, 2.05) is 24.3 Å². The monoisotopic (exact) mass is 580 g/mol. The summed E-state index contributed by atoms with van der Waals surface area (Å²) in [5, 5.41) is 5.17. The van der Waals surface area contributed by atoms with Gasteiger partial charge in [0, 0.05) is 16.1 Å². The number of thioether (sulfide) groups is 1. The Bertz CT molecular complexity index is 1580. The predicted octanol–water partition coefficient (Wildman–Crippen LogP) is 8.18. The van der Waals surface area contributed by atoms with Gasteiger partial charge in [-0.3, -0.25) is 9.59 Å². The molecule has 4 rings (SSSR count). The molecule has 0 spiro atoms. The molecule has 0 aliphatic rings. The fourth-order valence-electron chi connectivity index (χ4n) is 3.86. The summed E-state index contributed by atoms with van der Waals surface area (Å²) in [6.45, 7) is 1.54. The number of rotatable bonds is 7. The van der Waals surface area contributed by atoms with E-state index in [1.54, 1.807) is 48.6 Å². The lowest BCUT2D eigenvalue weighted by Gasteiger charge is -2.18. The highest BCUT2D eigenvalue weighted by Gasteiger charge is 2.42. The molecule has 2 N–H and O–H groups in total. The Morgan fingerprint density at radius 2 is 1.45 bits per heavy atom. The Kier molecular flexibility index (Phi) is 8.38. The third-order valence-electron chi connectivity index (χ3n) is 5.84. The van der Waals surface area contributed by atoms with Crippen molar-refractivity contribution in [1.82, 2.24) is 0 Å². The number of benzene rings is 4. The second-order valence-corrected chi connectivity index (χ2v) is 9.83. The van der Waals surface area contributed by atoms with Crippen LogP contribution >= 0.6 is 11.8 Å². The van der Waals surface area contributed by atoms with Crippen LogP contribution in [0.4, 0.5) is 42.1 Å². The van der Waals surface area contributed by atoms with E-state index in [4.69, 9.17) is 0 Å². The Balaban J connectivity index is 1.50. The minimum Gasteiger partial charge on any atom is -0.322 e. The Hall–Kier alpha value is -4.06. The standard InChI is InChI=1S/C28H19F7N2O2S/c1-2-19(27(39)37-25-23(31)21(29)20(28(33,34)35)22(30)24(25)32)40-18-9-5-8-17(13-18)36-26(38)16-11-10-14-6-3-4-7-15(14)12-16/h3-13,19H,2H2,1H3,(H,36,38)(H,37,39). The molecule has 12 heteroatoms. The van der Waals surface area contributed by atoms with E-state index in [-0.39, 0.29) is 6.42 Å². The first-order chi connectivity index (χ1) is 18.9. The zero-order valence-electron chi connectivity index (χ0n) is 20.5. The predicted molar refractivity (Wildman–Crippen MR) is 138 cm³/mol. The first-order valence-electron chi connectivity index (χ1n) is 11.7. The van der Waals surface area contributed by atoms with Gasteiger partial charge in [-0.1, -0.05) is 43.3 Å². The molecule has 208 valence electrons. The molecular weight excluding hydrogens is 561 g/mol. The Labute approximate surface area is 227 Å². The van der Waals surface area contributed by atoms with Crippen molar-refractivity contribution >= 4 is 45.7 Å². The molecule has 1 unspecified atom stereocenters. The second-order valence-electron chi connectivity index (χ2n) is 8.55. The van der Waals surface area contributed by atoms with Crippen LogP contribution in [0.1, 0.15) is 29.3 Å². The molecule has 40 heavy (non-hydrogen) atoms. The minimum atomic E-state index is -5.70. The first-order valence-corrected chi connectivity index (χ1v) is 12.6. The molecule has 4 aromatic rings. The zero-order chi connectivity index (χ0) is 29.2. The summed E-state index contributed by atoms with van der Waals surface area (Å²) in [5.74, 6) is -11.6. The molecule has 1 atom stereocenters. The molecule has 0 fully saturated rings. The molecule has 0 bridgehead atoms. The van der Waals surface area contributed by atoms with Gasteiger partial charge in [0.2, 0.25) is 5.91 Å². The largest absolute Gasteiger partial charge is 0.422 e. The van der Waals surface area contributed by atoms with E-state index in [2.05, 4.69) is 5.32 Å². The van der Waals surface area contributed by atoms with Crippen molar-refractivity contribution in [1.29, 1.82) is 0 Å². The topological polar surface area (TPSA) is 58.2 Å². The summed E-state index contributed by atoms with van der Waals surface area (Å²) in [6.07, 6.45) is -5.63. The maximum atomic E-state index is 14.2. The average molecular weight is 581 g/mol. The van der Waals surface area contributed by atoms with E-state index in [9.17, 15) is 40.3 Å². The number of carbonyl (C=O) groups excluding carboxylic acids is 2. The van der Waals surface area contributed by atoms with E-state index < -0.39 is 57.8 Å². The SMILES string of the molecule is CCC(Sc1cccc(NC(=O)c2ccc3ccccc3c2)c1)C(=O)Nc1c(F)c(F)c(C(F)(F)F)c(F)c1F. The van der Waals surface area contributed by atoms with Gasteiger partial charge in [0.15, 0.2) is 23.3 Å². The smallest absolute Gasteiger partial charge is 0.322 e. The van der Waals surface area contributed by atoms with E-state index in [1.165, 1.54) is 6.07 Å². The van der Waals surface area contributed by atoms with Gasteiger partial charge in [-0.15, -0.1) is 11.8 Å². The zero-order valence-corrected chi connectivity index (χ0v) is 21.3. The highest BCUT2D eigenvalue weighted by atomic mass is 32.2. The van der Waals surface area contributed by atoms with Gasteiger partial charge in [-0.25, -0.2) is 17.6 Å². The summed E-state index contributed by atoms with van der Waals surface area (Å²) in [6, 6.07) is 19.0. The number of anilines is 2. The van der Waals surface area contributed by atoms with Crippen LogP contribution in [0, 0.1) is 23.3 Å². The Morgan fingerprint density at radius 1 is 0.800 bits per heavy atom. The average Bonchev–Trinajstić information content (AvgIpc) is 2.92. The van der Waals surface area contributed by atoms with Crippen molar-refractivity contribution in [3.63, 3.8) is 0 Å². The third-order valence-corrected chi connectivity index (χ3v) is 7.20. The third kappa shape index (κ3) is 6.06. The Morgan fingerprint density at radius 3 is 2.08 bits per heavy atom. The summed E-state index contributed by atoms with van der Waals surface area (Å²) >= 11 is 0.907. The number of hydrogen-bond donors (Lipinski definition) is 2. The summed E-state index contributed by atoms with van der Waals surface area (Å²) in [5.41, 5.74) is -3.61. The first kappa shape index (κ1) is 28.9. The van der Waals surface area contributed by atoms with Crippen LogP contribution in [0.2, 0.25) is 0 Å². The van der Waals surface area contributed by atoms with Crippen molar-refractivity contribution in [3.05, 3.63) is 101 Å². The van der Waals surface area contributed by atoms with Crippen molar-refractivity contribution in [2.24, 2.45) is 0 Å². The lowest BCUT2D eigenvalue weighted by molar-refractivity contribution is -0.143. The number of alkyl halides is 3. The number of amides is 2. The normalized spacial score (nSPS) is 12.3. The van der Waals surface area contributed by atoms with Crippen LogP contribution in [0.15, 0.2) is 71.6 Å². The van der Waals surface area contributed by atoms with Crippen LogP contribution in [0.3, 0.4) is 0 Å². The molecular formula is C28H19F7N2O2S. The minimum absolute atomic E-state index is 0.0685. The summed E-state index contributed by atoms with van der Waals surface area (Å²) in [7, 11) is 0. The van der Waals surface area contributed by atoms with Crippen LogP contribution in [0.25, 0.3) is 10.8 Å². The molecule has 0 aromatic heterocycles. The van der Waals surface area contributed by atoms with Crippen LogP contribution in [0.5, 0.6) is 0 Å². The molecule has 0 saturated carbocycles. The van der Waals surface area contributed by atoms with Crippen LogP contribution < -0.4 is 10.6 Å².